The Morgan fingerprint density at radius 2 is 0.857 bits per heavy atom. The van der Waals surface area contributed by atoms with Gasteiger partial charge in [0.05, 0.1) is 0 Å². The van der Waals surface area contributed by atoms with E-state index in [1.54, 1.807) is 0 Å². The third-order valence-corrected chi connectivity index (χ3v) is 3.34. The van der Waals surface area contributed by atoms with Crippen molar-refractivity contribution < 1.29 is 9.59 Å². The average molecular weight is 298 g/mol. The fraction of sp³-hybridized carbons (Fsp3) is 0.882. The molecule has 0 unspecified atom stereocenters. The number of hydrogen-bond acceptors (Lipinski definition) is 3. The first-order valence-corrected chi connectivity index (χ1v) is 8.46. The van der Waals surface area contributed by atoms with Crippen molar-refractivity contribution in [2.24, 2.45) is 0 Å². The smallest absolute Gasteiger partial charge is 0.226 e. The highest BCUT2D eigenvalue weighted by molar-refractivity contribution is 5.95. The van der Waals surface area contributed by atoms with Gasteiger partial charge in [-0.25, -0.2) is 0 Å². The van der Waals surface area contributed by atoms with Crippen molar-refractivity contribution in [2.45, 2.75) is 77.0 Å². The molecule has 124 valence electrons. The van der Waals surface area contributed by atoms with Crippen LogP contribution in [0, 0.1) is 0 Å². The molecule has 1 aliphatic heterocycles. The summed E-state index contributed by atoms with van der Waals surface area (Å²) in [4.78, 5) is 24.8. The molecule has 1 heterocycles. The summed E-state index contributed by atoms with van der Waals surface area (Å²) in [6.07, 6.45) is 12.7. The second-order valence-electron chi connectivity index (χ2n) is 6.35. The minimum atomic E-state index is -0.0927. The zero-order valence-corrected chi connectivity index (χ0v) is 14.2. The van der Waals surface area contributed by atoms with Gasteiger partial charge in [-0.3, -0.25) is 14.9 Å². The number of hydrogen-bond donors (Lipinski definition) is 1. The maximum absolute atomic E-state index is 11.4. The van der Waals surface area contributed by atoms with E-state index in [4.69, 9.17) is 0 Å². The lowest BCUT2D eigenvalue weighted by molar-refractivity contribution is -0.130. The number of carbonyl (C=O) groups is 2. The van der Waals surface area contributed by atoms with Crippen LogP contribution in [0.1, 0.15) is 77.0 Å². The summed E-state index contributed by atoms with van der Waals surface area (Å²) in [6.45, 7) is 0. The molecule has 4 nitrogen and oxygen atoms in total. The molecule has 21 heavy (non-hydrogen) atoms. The minimum absolute atomic E-state index is 0.0927. The van der Waals surface area contributed by atoms with Crippen molar-refractivity contribution in [3.8, 4) is 0 Å². The molecular weight excluding hydrogens is 264 g/mol. The second kappa shape index (κ2) is 14.1. The Morgan fingerprint density at radius 1 is 0.619 bits per heavy atom. The third kappa shape index (κ3) is 17.0. The minimum Gasteiger partial charge on any atom is -0.312 e. The van der Waals surface area contributed by atoms with E-state index in [1.807, 2.05) is 26.0 Å². The summed E-state index contributed by atoms with van der Waals surface area (Å²) in [7, 11) is 6.00. The molecule has 2 amide bonds. The van der Waals surface area contributed by atoms with Crippen molar-refractivity contribution in [3.63, 3.8) is 0 Å². The number of rotatable bonds is 0. The van der Waals surface area contributed by atoms with E-state index in [0.29, 0.717) is 12.8 Å². The van der Waals surface area contributed by atoms with E-state index < -0.39 is 0 Å². The van der Waals surface area contributed by atoms with E-state index in [0.717, 1.165) is 25.7 Å². The number of imide groups is 1. The maximum Gasteiger partial charge on any atom is 0.226 e. The zero-order valence-electron chi connectivity index (χ0n) is 14.2. The fourth-order valence-electron chi connectivity index (χ4n) is 2.27. The van der Waals surface area contributed by atoms with E-state index in [1.165, 1.54) is 38.5 Å². The SMILES string of the molecule is CN(C)C.O=C1CCCCCCCCCCCCC(=O)N1. The van der Waals surface area contributed by atoms with Gasteiger partial charge < -0.3 is 4.90 Å². The lowest BCUT2D eigenvalue weighted by Gasteiger charge is -2.03. The van der Waals surface area contributed by atoms with E-state index in [9.17, 15) is 9.59 Å². The summed E-state index contributed by atoms with van der Waals surface area (Å²) in [5.41, 5.74) is 0. The Balaban J connectivity index is 0.000000885. The topological polar surface area (TPSA) is 49.4 Å². The molecule has 0 bridgehead atoms. The molecule has 0 saturated carbocycles. The number of nitrogens with zero attached hydrogens (tertiary/aromatic N) is 1. The van der Waals surface area contributed by atoms with Crippen LogP contribution in [0.5, 0.6) is 0 Å². The maximum atomic E-state index is 11.4. The fourth-order valence-corrected chi connectivity index (χ4v) is 2.27. The lowest BCUT2D eigenvalue weighted by Crippen LogP contribution is -2.29. The normalized spacial score (nSPS) is 19.8. The Labute approximate surface area is 130 Å². The van der Waals surface area contributed by atoms with Crippen LogP contribution >= 0.6 is 0 Å². The molecule has 0 spiro atoms. The van der Waals surface area contributed by atoms with Crippen molar-refractivity contribution in [2.75, 3.05) is 21.1 Å². The predicted molar refractivity (Wildman–Crippen MR) is 88.2 cm³/mol. The van der Waals surface area contributed by atoms with Crippen LogP contribution in [-0.2, 0) is 9.59 Å². The first-order chi connectivity index (χ1) is 10.0. The summed E-state index contributed by atoms with van der Waals surface area (Å²) in [5.74, 6) is -0.185. The highest BCUT2D eigenvalue weighted by Gasteiger charge is 2.07. The van der Waals surface area contributed by atoms with Crippen LogP contribution in [0.3, 0.4) is 0 Å². The second-order valence-corrected chi connectivity index (χ2v) is 6.35. The Kier molecular flexibility index (Phi) is 13.5. The average Bonchev–Trinajstić information content (AvgIpc) is 2.39. The number of carbonyl (C=O) groups excluding carboxylic acids is 2. The molecule has 1 N–H and O–H groups in total. The van der Waals surface area contributed by atoms with Gasteiger partial charge in [-0.2, -0.15) is 0 Å². The molecule has 1 fully saturated rings. The molecule has 0 aromatic rings. The summed E-state index contributed by atoms with van der Waals surface area (Å²) in [6, 6.07) is 0. The molecule has 0 aliphatic carbocycles. The first-order valence-electron chi connectivity index (χ1n) is 8.46. The van der Waals surface area contributed by atoms with Crippen LogP contribution in [0.25, 0.3) is 0 Å². The van der Waals surface area contributed by atoms with Crippen molar-refractivity contribution in [1.29, 1.82) is 0 Å². The monoisotopic (exact) mass is 298 g/mol. The lowest BCUT2D eigenvalue weighted by atomic mass is 10.1. The van der Waals surface area contributed by atoms with Crippen molar-refractivity contribution in [3.05, 3.63) is 0 Å². The van der Waals surface area contributed by atoms with Crippen LogP contribution in [0.15, 0.2) is 0 Å². The molecule has 1 saturated heterocycles. The zero-order chi connectivity index (χ0) is 15.9. The van der Waals surface area contributed by atoms with Gasteiger partial charge in [0, 0.05) is 12.8 Å². The van der Waals surface area contributed by atoms with Gasteiger partial charge in [0.15, 0.2) is 0 Å². The van der Waals surface area contributed by atoms with Gasteiger partial charge >= 0.3 is 0 Å². The van der Waals surface area contributed by atoms with Crippen LogP contribution in [0.4, 0.5) is 0 Å². The Bertz CT molecular complexity index is 251. The van der Waals surface area contributed by atoms with Gasteiger partial charge in [0.25, 0.3) is 0 Å². The van der Waals surface area contributed by atoms with Gasteiger partial charge in [-0.15, -0.1) is 0 Å². The van der Waals surface area contributed by atoms with Gasteiger partial charge in [-0.1, -0.05) is 51.4 Å². The van der Waals surface area contributed by atoms with Crippen LogP contribution in [-0.4, -0.2) is 37.9 Å². The molecule has 1 aliphatic rings. The van der Waals surface area contributed by atoms with Gasteiger partial charge in [0.1, 0.15) is 0 Å². The summed E-state index contributed by atoms with van der Waals surface area (Å²) < 4.78 is 0. The molecule has 0 atom stereocenters. The molecule has 0 radical (unpaired) electrons. The van der Waals surface area contributed by atoms with Gasteiger partial charge in [-0.05, 0) is 34.0 Å². The molecule has 1 rings (SSSR count). The highest BCUT2D eigenvalue weighted by Crippen LogP contribution is 2.12. The van der Waals surface area contributed by atoms with E-state index >= 15 is 0 Å². The van der Waals surface area contributed by atoms with Crippen molar-refractivity contribution >= 4 is 11.8 Å². The summed E-state index contributed by atoms with van der Waals surface area (Å²) in [5, 5.41) is 2.47. The number of amides is 2. The van der Waals surface area contributed by atoms with E-state index in [-0.39, 0.29) is 11.8 Å². The Hall–Kier alpha value is -0.900. The van der Waals surface area contributed by atoms with Crippen LogP contribution < -0.4 is 5.32 Å². The van der Waals surface area contributed by atoms with Crippen LogP contribution in [0.2, 0.25) is 0 Å². The predicted octanol–water partition coefficient (Wildman–Crippen LogP) is 3.50. The van der Waals surface area contributed by atoms with E-state index in [2.05, 4.69) is 5.32 Å². The molecular formula is C17H34N2O2. The molecule has 0 aromatic carbocycles. The first kappa shape index (κ1) is 20.1. The standard InChI is InChI=1S/C14H25NO2.C3H9N/c16-13-11-9-7-5-3-1-2-4-6-8-10-12-14(17)15-13;1-4(2)3/h1-12H2,(H,15,16,17);1-3H3. The summed E-state index contributed by atoms with van der Waals surface area (Å²) >= 11 is 0. The Morgan fingerprint density at radius 3 is 1.14 bits per heavy atom. The number of nitrogens with one attached hydrogen (secondary N) is 1. The van der Waals surface area contributed by atoms with Gasteiger partial charge in [0.2, 0.25) is 11.8 Å². The molecule has 4 heteroatoms. The van der Waals surface area contributed by atoms with Crippen molar-refractivity contribution in [1.82, 2.24) is 10.2 Å². The molecule has 0 aromatic heterocycles. The highest BCUT2D eigenvalue weighted by atomic mass is 16.2. The largest absolute Gasteiger partial charge is 0.312 e. The quantitative estimate of drug-likeness (QED) is 0.696. The third-order valence-electron chi connectivity index (χ3n) is 3.34.